The summed E-state index contributed by atoms with van der Waals surface area (Å²) in [5.41, 5.74) is 1.64. The Morgan fingerprint density at radius 2 is 2.11 bits per heavy atom. The van der Waals surface area contributed by atoms with E-state index in [1.807, 2.05) is 43.7 Å². The third kappa shape index (κ3) is 4.24. The molecular weight excluding hydrogens is 378 g/mol. The normalized spacial score (nSPS) is 11.2. The van der Waals surface area contributed by atoms with Crippen molar-refractivity contribution in [1.29, 1.82) is 0 Å². The second-order valence-corrected chi connectivity index (χ2v) is 7.17. The fraction of sp³-hybridized carbons (Fsp3) is 0.278. The summed E-state index contributed by atoms with van der Waals surface area (Å²) in [5, 5.41) is 13.5. The molecule has 10 heteroatoms. The van der Waals surface area contributed by atoms with Crippen LogP contribution in [-0.4, -0.2) is 62.5 Å². The minimum Gasteiger partial charge on any atom is -0.491 e. The number of aromatic amines is 1. The Kier molecular flexibility index (Phi) is 5.40. The number of hydrogen-bond acceptors (Lipinski definition) is 9. The molecule has 0 fully saturated rings. The van der Waals surface area contributed by atoms with Crippen molar-refractivity contribution >= 4 is 11.3 Å². The fourth-order valence-electron chi connectivity index (χ4n) is 2.51. The highest BCUT2D eigenvalue weighted by Crippen LogP contribution is 2.28. The Balaban J connectivity index is 1.48. The summed E-state index contributed by atoms with van der Waals surface area (Å²) >= 11 is 1.48. The number of aromatic nitrogens is 6. The number of thiazole rings is 1. The van der Waals surface area contributed by atoms with Crippen molar-refractivity contribution in [3.63, 3.8) is 0 Å². The molecule has 144 valence electrons. The zero-order chi connectivity index (χ0) is 19.3. The molecule has 3 aromatic heterocycles. The number of rotatable bonds is 8. The molecule has 0 radical (unpaired) electrons. The lowest BCUT2D eigenvalue weighted by Gasteiger charge is -2.12. The Labute approximate surface area is 165 Å². The standard InChI is InChI=1S/C18H19N7O2S/c1-25(2)7-8-26-14-6-4-3-5-13(14)16-22-15(27-24-16)9-12-10-28-18(21-12)17-19-11-20-23-17/h3-6,10-11H,7-9H2,1-2H3,(H,19,20,23). The number of para-hydroxylation sites is 1. The van der Waals surface area contributed by atoms with E-state index in [0.717, 1.165) is 28.6 Å². The van der Waals surface area contributed by atoms with Gasteiger partial charge in [-0.1, -0.05) is 17.3 Å². The molecule has 0 unspecified atom stereocenters. The van der Waals surface area contributed by atoms with E-state index in [-0.39, 0.29) is 0 Å². The van der Waals surface area contributed by atoms with E-state index in [2.05, 4.69) is 35.2 Å². The monoisotopic (exact) mass is 397 g/mol. The van der Waals surface area contributed by atoms with E-state index >= 15 is 0 Å². The second kappa shape index (κ2) is 8.28. The van der Waals surface area contributed by atoms with Gasteiger partial charge in [0.05, 0.1) is 17.7 Å². The van der Waals surface area contributed by atoms with Crippen molar-refractivity contribution in [3.8, 4) is 28.0 Å². The summed E-state index contributed by atoms with van der Waals surface area (Å²) < 4.78 is 11.3. The minimum atomic E-state index is 0.446. The predicted molar refractivity (Wildman–Crippen MR) is 104 cm³/mol. The van der Waals surface area contributed by atoms with Gasteiger partial charge in [0.2, 0.25) is 11.7 Å². The summed E-state index contributed by atoms with van der Waals surface area (Å²) in [5.74, 6) is 2.37. The summed E-state index contributed by atoms with van der Waals surface area (Å²) in [6.07, 6.45) is 1.90. The summed E-state index contributed by atoms with van der Waals surface area (Å²) in [6.45, 7) is 1.40. The van der Waals surface area contributed by atoms with Crippen LogP contribution in [0.3, 0.4) is 0 Å². The topological polar surface area (TPSA) is 106 Å². The van der Waals surface area contributed by atoms with Crippen LogP contribution in [0.15, 0.2) is 40.5 Å². The zero-order valence-electron chi connectivity index (χ0n) is 15.5. The van der Waals surface area contributed by atoms with Gasteiger partial charge in [0.25, 0.3) is 0 Å². The van der Waals surface area contributed by atoms with Crippen LogP contribution in [0.25, 0.3) is 22.2 Å². The quantitative estimate of drug-likeness (QED) is 0.483. The molecular formula is C18H19N7O2S. The summed E-state index contributed by atoms with van der Waals surface area (Å²) in [6, 6.07) is 7.68. The molecule has 0 amide bonds. The van der Waals surface area contributed by atoms with Gasteiger partial charge >= 0.3 is 0 Å². The first kappa shape index (κ1) is 18.3. The highest BCUT2D eigenvalue weighted by atomic mass is 32.1. The van der Waals surface area contributed by atoms with Crippen molar-refractivity contribution in [2.45, 2.75) is 6.42 Å². The number of hydrogen-bond donors (Lipinski definition) is 1. The Morgan fingerprint density at radius 1 is 1.21 bits per heavy atom. The van der Waals surface area contributed by atoms with E-state index in [0.29, 0.717) is 30.6 Å². The highest BCUT2D eigenvalue weighted by molar-refractivity contribution is 7.13. The van der Waals surface area contributed by atoms with Crippen LogP contribution in [-0.2, 0) is 6.42 Å². The number of likely N-dealkylation sites (N-methyl/N-ethyl adjacent to an activating group) is 1. The maximum Gasteiger partial charge on any atom is 0.233 e. The third-order valence-electron chi connectivity index (χ3n) is 3.89. The molecule has 4 rings (SSSR count). The van der Waals surface area contributed by atoms with Crippen LogP contribution >= 0.6 is 11.3 Å². The Bertz CT molecular complexity index is 1030. The largest absolute Gasteiger partial charge is 0.491 e. The highest BCUT2D eigenvalue weighted by Gasteiger charge is 2.15. The molecule has 0 aliphatic carbocycles. The summed E-state index contributed by atoms with van der Waals surface area (Å²) in [4.78, 5) is 15.2. The minimum absolute atomic E-state index is 0.446. The molecule has 0 aliphatic rings. The number of benzene rings is 1. The van der Waals surface area contributed by atoms with Crippen molar-refractivity contribution in [1.82, 2.24) is 35.2 Å². The van der Waals surface area contributed by atoms with Gasteiger partial charge in [-0.15, -0.1) is 11.3 Å². The fourth-order valence-corrected chi connectivity index (χ4v) is 3.28. The van der Waals surface area contributed by atoms with E-state index in [4.69, 9.17) is 9.26 Å². The van der Waals surface area contributed by atoms with E-state index < -0.39 is 0 Å². The molecule has 0 aliphatic heterocycles. The van der Waals surface area contributed by atoms with Crippen molar-refractivity contribution in [2.75, 3.05) is 27.2 Å². The van der Waals surface area contributed by atoms with E-state index in [1.54, 1.807) is 0 Å². The van der Waals surface area contributed by atoms with Crippen LogP contribution in [0.5, 0.6) is 5.75 Å². The lowest BCUT2D eigenvalue weighted by molar-refractivity contribution is 0.262. The smallest absolute Gasteiger partial charge is 0.233 e. The number of ether oxygens (including phenoxy) is 1. The zero-order valence-corrected chi connectivity index (χ0v) is 16.3. The van der Waals surface area contributed by atoms with E-state index in [1.165, 1.54) is 17.7 Å². The SMILES string of the molecule is CN(C)CCOc1ccccc1-c1noc(Cc2csc(-c3ncn[nH]3)n2)n1. The van der Waals surface area contributed by atoms with Gasteiger partial charge < -0.3 is 14.2 Å². The van der Waals surface area contributed by atoms with E-state index in [9.17, 15) is 0 Å². The number of nitrogens with zero attached hydrogens (tertiary/aromatic N) is 6. The van der Waals surface area contributed by atoms with Gasteiger partial charge in [-0.2, -0.15) is 10.1 Å². The third-order valence-corrected chi connectivity index (χ3v) is 4.79. The van der Waals surface area contributed by atoms with Crippen LogP contribution in [0, 0.1) is 0 Å². The first-order valence-corrected chi connectivity index (χ1v) is 9.56. The molecule has 0 spiro atoms. The van der Waals surface area contributed by atoms with Crippen LogP contribution in [0.2, 0.25) is 0 Å². The van der Waals surface area contributed by atoms with Crippen LogP contribution in [0.4, 0.5) is 0 Å². The lowest BCUT2D eigenvalue weighted by Crippen LogP contribution is -2.19. The molecule has 9 nitrogen and oxygen atoms in total. The number of H-pyrrole nitrogens is 1. The molecule has 4 aromatic rings. The van der Waals surface area contributed by atoms with Crippen molar-refractivity contribution in [2.24, 2.45) is 0 Å². The molecule has 0 saturated heterocycles. The molecule has 1 N–H and O–H groups in total. The molecule has 0 saturated carbocycles. The Morgan fingerprint density at radius 3 is 2.93 bits per heavy atom. The maximum absolute atomic E-state index is 5.88. The maximum atomic E-state index is 5.88. The Hall–Kier alpha value is -3.11. The summed E-state index contributed by atoms with van der Waals surface area (Å²) in [7, 11) is 4.01. The average molecular weight is 397 g/mol. The molecule has 0 bridgehead atoms. The number of nitrogens with one attached hydrogen (secondary N) is 1. The molecule has 0 atom stereocenters. The predicted octanol–water partition coefficient (Wildman–Crippen LogP) is 2.51. The second-order valence-electron chi connectivity index (χ2n) is 6.31. The lowest BCUT2D eigenvalue weighted by atomic mass is 10.2. The van der Waals surface area contributed by atoms with Crippen molar-refractivity contribution in [3.05, 3.63) is 47.6 Å². The van der Waals surface area contributed by atoms with Crippen LogP contribution < -0.4 is 4.74 Å². The molecule has 1 aromatic carbocycles. The van der Waals surface area contributed by atoms with Crippen molar-refractivity contribution < 1.29 is 9.26 Å². The first-order valence-electron chi connectivity index (χ1n) is 8.68. The first-order chi connectivity index (χ1) is 13.7. The van der Waals surface area contributed by atoms with Gasteiger partial charge in [-0.3, -0.25) is 5.10 Å². The van der Waals surface area contributed by atoms with Crippen LogP contribution in [0.1, 0.15) is 11.6 Å². The molecule has 28 heavy (non-hydrogen) atoms. The van der Waals surface area contributed by atoms with Gasteiger partial charge in [-0.25, -0.2) is 9.97 Å². The average Bonchev–Trinajstić information content (AvgIpc) is 3.44. The van der Waals surface area contributed by atoms with Gasteiger partial charge in [0.1, 0.15) is 18.7 Å². The van der Waals surface area contributed by atoms with Gasteiger partial charge in [0.15, 0.2) is 10.8 Å². The van der Waals surface area contributed by atoms with Gasteiger partial charge in [-0.05, 0) is 26.2 Å². The molecule has 3 heterocycles. The van der Waals surface area contributed by atoms with Gasteiger partial charge in [0, 0.05) is 11.9 Å².